The van der Waals surface area contributed by atoms with E-state index in [1.165, 1.54) is 27.3 Å². The zero-order chi connectivity index (χ0) is 11.0. The highest BCUT2D eigenvalue weighted by Gasteiger charge is 2.20. The molecule has 1 aliphatic rings. The topological polar surface area (TPSA) is 24.4 Å². The van der Waals surface area contributed by atoms with Crippen molar-refractivity contribution >= 4 is 17.7 Å². The fourth-order valence-electron chi connectivity index (χ4n) is 1.70. The monoisotopic (exact) mass is 220 g/mol. The largest absolute Gasteiger partial charge is 0.350 e. The molecule has 1 aromatic heterocycles. The van der Waals surface area contributed by atoms with Crippen molar-refractivity contribution < 1.29 is 0 Å². The first-order valence-electron chi connectivity index (χ1n) is 5.11. The van der Waals surface area contributed by atoms with Crippen LogP contribution < -0.4 is 5.32 Å². The number of hydrogen-bond acceptors (Lipinski definition) is 3. The summed E-state index contributed by atoms with van der Waals surface area (Å²) in [6, 6.07) is 0.227. The maximum Gasteiger partial charge on any atom is 0.109 e. The van der Waals surface area contributed by atoms with Gasteiger partial charge in [0.25, 0.3) is 0 Å². The third kappa shape index (κ3) is 1.72. The van der Waals surface area contributed by atoms with Gasteiger partial charge in [-0.1, -0.05) is 0 Å². The van der Waals surface area contributed by atoms with Crippen molar-refractivity contribution in [1.29, 1.82) is 0 Å². The molecule has 0 radical (unpaired) electrons. The maximum atomic E-state index is 4.52. The summed E-state index contributed by atoms with van der Waals surface area (Å²) in [4.78, 5) is 5.90. The van der Waals surface area contributed by atoms with Crippen molar-refractivity contribution in [3.05, 3.63) is 32.7 Å². The molecule has 0 bridgehead atoms. The molecule has 1 aliphatic heterocycles. The standard InChI is InChI=1S/C12H16N2S/c1-7-5-15-12(8(7)2)11-9(3)10(4)13-6-14-11/h5-6,11H,1-4H3,(H,13,14). The zero-order valence-electron chi connectivity index (χ0n) is 9.59. The number of rotatable bonds is 1. The molecule has 3 heteroatoms. The predicted molar refractivity (Wildman–Crippen MR) is 66.5 cm³/mol. The summed E-state index contributed by atoms with van der Waals surface area (Å²) >= 11 is 1.81. The lowest BCUT2D eigenvalue weighted by Gasteiger charge is -2.20. The highest BCUT2D eigenvalue weighted by atomic mass is 32.1. The lowest BCUT2D eigenvalue weighted by atomic mass is 10.0. The Labute approximate surface area is 94.7 Å². The zero-order valence-corrected chi connectivity index (χ0v) is 10.4. The Morgan fingerprint density at radius 1 is 1.27 bits per heavy atom. The average Bonchev–Trinajstić information content (AvgIpc) is 2.53. The second-order valence-electron chi connectivity index (χ2n) is 4.04. The lowest BCUT2D eigenvalue weighted by molar-refractivity contribution is 0.801. The van der Waals surface area contributed by atoms with Gasteiger partial charge in [0.15, 0.2) is 0 Å². The van der Waals surface area contributed by atoms with Gasteiger partial charge in [0.05, 0.1) is 6.34 Å². The Kier molecular flexibility index (Phi) is 2.65. The minimum atomic E-state index is 0.227. The van der Waals surface area contributed by atoms with Crippen LogP contribution in [0.1, 0.15) is 35.9 Å². The summed E-state index contributed by atoms with van der Waals surface area (Å²) in [5.74, 6) is 0. The van der Waals surface area contributed by atoms with Gasteiger partial charge >= 0.3 is 0 Å². The SMILES string of the molecule is CC1=C(C)C(c2scc(C)c2C)N=CN1. The summed E-state index contributed by atoms with van der Waals surface area (Å²) < 4.78 is 0. The van der Waals surface area contributed by atoms with Gasteiger partial charge in [0.2, 0.25) is 0 Å². The quantitative estimate of drug-likeness (QED) is 0.771. The molecule has 0 fully saturated rings. The molecule has 0 aromatic carbocycles. The molecule has 1 atom stereocenters. The molecule has 0 saturated heterocycles. The van der Waals surface area contributed by atoms with E-state index < -0.39 is 0 Å². The predicted octanol–water partition coefficient (Wildman–Crippen LogP) is 3.33. The Hall–Kier alpha value is -1.09. The van der Waals surface area contributed by atoms with Crippen LogP contribution in [0.15, 0.2) is 21.6 Å². The number of aryl methyl sites for hydroxylation is 1. The van der Waals surface area contributed by atoms with Gasteiger partial charge in [-0.25, -0.2) is 0 Å². The summed E-state index contributed by atoms with van der Waals surface area (Å²) in [6.07, 6.45) is 1.81. The van der Waals surface area contributed by atoms with Crippen LogP contribution in [-0.4, -0.2) is 6.34 Å². The van der Waals surface area contributed by atoms with Gasteiger partial charge in [0, 0.05) is 10.6 Å². The Balaban J connectivity index is 2.43. The van der Waals surface area contributed by atoms with Crippen molar-refractivity contribution in [2.75, 3.05) is 0 Å². The van der Waals surface area contributed by atoms with Crippen LogP contribution in [0.3, 0.4) is 0 Å². The minimum Gasteiger partial charge on any atom is -0.350 e. The van der Waals surface area contributed by atoms with Crippen LogP contribution in [0, 0.1) is 13.8 Å². The van der Waals surface area contributed by atoms with E-state index in [4.69, 9.17) is 0 Å². The van der Waals surface area contributed by atoms with E-state index in [1.807, 2.05) is 17.7 Å². The minimum absolute atomic E-state index is 0.227. The third-order valence-corrected chi connectivity index (χ3v) is 4.33. The van der Waals surface area contributed by atoms with Crippen LogP contribution in [-0.2, 0) is 0 Å². The van der Waals surface area contributed by atoms with Gasteiger partial charge in [0.1, 0.15) is 6.04 Å². The van der Waals surface area contributed by atoms with E-state index in [1.54, 1.807) is 0 Å². The summed E-state index contributed by atoms with van der Waals surface area (Å²) in [5, 5.41) is 5.36. The lowest BCUT2D eigenvalue weighted by Crippen LogP contribution is -2.18. The van der Waals surface area contributed by atoms with Crippen molar-refractivity contribution in [2.24, 2.45) is 4.99 Å². The highest BCUT2D eigenvalue weighted by molar-refractivity contribution is 7.10. The molecule has 1 unspecified atom stereocenters. The number of allylic oxidation sites excluding steroid dienone is 1. The molecule has 1 aromatic rings. The first-order valence-corrected chi connectivity index (χ1v) is 5.99. The van der Waals surface area contributed by atoms with Crippen LogP contribution in [0.4, 0.5) is 0 Å². The third-order valence-electron chi connectivity index (χ3n) is 3.08. The van der Waals surface area contributed by atoms with E-state index in [9.17, 15) is 0 Å². The van der Waals surface area contributed by atoms with Gasteiger partial charge < -0.3 is 5.32 Å². The van der Waals surface area contributed by atoms with Crippen molar-refractivity contribution in [2.45, 2.75) is 33.7 Å². The fraction of sp³-hybridized carbons (Fsp3) is 0.417. The van der Waals surface area contributed by atoms with Crippen LogP contribution in [0.2, 0.25) is 0 Å². The maximum absolute atomic E-state index is 4.52. The second-order valence-corrected chi connectivity index (χ2v) is 4.95. The Bertz CT molecular complexity index is 440. The normalized spacial score (nSPS) is 20.7. The fourth-order valence-corrected chi connectivity index (χ4v) is 2.88. The van der Waals surface area contributed by atoms with Gasteiger partial charge in [-0.2, -0.15) is 0 Å². The summed E-state index contributed by atoms with van der Waals surface area (Å²) in [7, 11) is 0. The molecule has 2 rings (SSSR count). The number of nitrogens with one attached hydrogen (secondary N) is 1. The van der Waals surface area contributed by atoms with Gasteiger partial charge in [-0.15, -0.1) is 11.3 Å². The Morgan fingerprint density at radius 2 is 2.00 bits per heavy atom. The molecule has 1 N–H and O–H groups in total. The number of hydrogen-bond donors (Lipinski definition) is 1. The number of nitrogens with zero attached hydrogens (tertiary/aromatic N) is 1. The van der Waals surface area contributed by atoms with Crippen molar-refractivity contribution in [1.82, 2.24) is 5.32 Å². The average molecular weight is 220 g/mol. The van der Waals surface area contributed by atoms with Gasteiger partial charge in [-0.3, -0.25) is 4.99 Å². The molecule has 2 heterocycles. The number of aliphatic imine (C=N–C) groups is 1. The number of thiophene rings is 1. The second kappa shape index (κ2) is 3.81. The summed E-state index contributed by atoms with van der Waals surface area (Å²) in [5.41, 5.74) is 5.30. The Morgan fingerprint density at radius 3 is 2.60 bits per heavy atom. The molecule has 0 spiro atoms. The highest BCUT2D eigenvalue weighted by Crippen LogP contribution is 2.35. The molecule has 80 valence electrons. The molecular formula is C12H16N2S. The molecule has 0 aliphatic carbocycles. The smallest absolute Gasteiger partial charge is 0.109 e. The first kappa shape index (κ1) is 10.4. The van der Waals surface area contributed by atoms with E-state index in [2.05, 4.69) is 43.4 Å². The molecular weight excluding hydrogens is 204 g/mol. The van der Waals surface area contributed by atoms with Crippen molar-refractivity contribution in [3.8, 4) is 0 Å². The van der Waals surface area contributed by atoms with Crippen LogP contribution in [0.25, 0.3) is 0 Å². The summed E-state index contributed by atoms with van der Waals surface area (Å²) in [6.45, 7) is 8.59. The molecule has 0 saturated carbocycles. The molecule has 15 heavy (non-hydrogen) atoms. The van der Waals surface area contributed by atoms with E-state index >= 15 is 0 Å². The van der Waals surface area contributed by atoms with Crippen LogP contribution >= 0.6 is 11.3 Å². The van der Waals surface area contributed by atoms with E-state index in [0.717, 1.165) is 0 Å². The first-order chi connectivity index (χ1) is 7.11. The van der Waals surface area contributed by atoms with Gasteiger partial charge in [-0.05, 0) is 49.8 Å². The molecule has 2 nitrogen and oxygen atoms in total. The van der Waals surface area contributed by atoms with E-state index in [-0.39, 0.29) is 6.04 Å². The molecule has 0 amide bonds. The van der Waals surface area contributed by atoms with Crippen LogP contribution in [0.5, 0.6) is 0 Å². The van der Waals surface area contributed by atoms with Crippen molar-refractivity contribution in [3.63, 3.8) is 0 Å². The van der Waals surface area contributed by atoms with E-state index in [0.29, 0.717) is 0 Å².